The van der Waals surface area contributed by atoms with Crippen molar-refractivity contribution in [3.8, 4) is 0 Å². The van der Waals surface area contributed by atoms with Crippen molar-refractivity contribution in [3.63, 3.8) is 0 Å². The van der Waals surface area contributed by atoms with Gasteiger partial charge in [-0.1, -0.05) is 23.2 Å². The Hall–Kier alpha value is -0.780. The molecule has 0 atom stereocenters. The zero-order valence-electron chi connectivity index (χ0n) is 9.33. The smallest absolute Gasteiger partial charge is 0.305 e. The normalized spacial score (nSPS) is 17.0. The Balaban J connectivity index is 2.11. The minimum Gasteiger partial charge on any atom is -0.481 e. The molecule has 0 aliphatic heterocycles. The van der Waals surface area contributed by atoms with Gasteiger partial charge in [0.25, 0.3) is 5.91 Å². The van der Waals surface area contributed by atoms with E-state index in [1.54, 1.807) is 0 Å². The second-order valence-corrected chi connectivity index (χ2v) is 6.68. The molecule has 2 rings (SSSR count). The molecular formula is C11H11Cl2NO3S. The van der Waals surface area contributed by atoms with E-state index in [9.17, 15) is 9.59 Å². The van der Waals surface area contributed by atoms with Crippen LogP contribution < -0.4 is 5.32 Å². The van der Waals surface area contributed by atoms with Crippen molar-refractivity contribution in [2.45, 2.75) is 31.2 Å². The summed E-state index contributed by atoms with van der Waals surface area (Å²) in [5, 5.41) is 11.6. The van der Waals surface area contributed by atoms with Crippen LogP contribution in [0.4, 0.5) is 0 Å². The van der Waals surface area contributed by atoms with Gasteiger partial charge in [0.1, 0.15) is 4.34 Å². The average Bonchev–Trinajstić information content (AvgIpc) is 2.53. The number of nitrogens with one attached hydrogen (secondary N) is 1. The number of carbonyl (C=O) groups is 2. The zero-order chi connectivity index (χ0) is 13.3. The molecule has 1 heterocycles. The molecule has 18 heavy (non-hydrogen) atoms. The van der Waals surface area contributed by atoms with Crippen LogP contribution in [0.2, 0.25) is 8.67 Å². The summed E-state index contributed by atoms with van der Waals surface area (Å²) in [5.74, 6) is -1.27. The monoisotopic (exact) mass is 307 g/mol. The molecule has 1 amide bonds. The van der Waals surface area contributed by atoms with Gasteiger partial charge in [-0.25, -0.2) is 0 Å². The van der Waals surface area contributed by atoms with Crippen LogP contribution >= 0.6 is 34.5 Å². The Morgan fingerprint density at radius 2 is 2.11 bits per heavy atom. The van der Waals surface area contributed by atoms with Gasteiger partial charge in [-0.3, -0.25) is 9.59 Å². The van der Waals surface area contributed by atoms with E-state index in [1.807, 2.05) is 0 Å². The summed E-state index contributed by atoms with van der Waals surface area (Å²) in [6.07, 6.45) is 2.22. The highest BCUT2D eigenvalue weighted by Crippen LogP contribution is 2.37. The number of amides is 1. The number of hydrogen-bond acceptors (Lipinski definition) is 3. The third-order valence-electron chi connectivity index (χ3n) is 3.08. The molecular weight excluding hydrogens is 297 g/mol. The van der Waals surface area contributed by atoms with E-state index >= 15 is 0 Å². The predicted molar refractivity (Wildman–Crippen MR) is 70.6 cm³/mol. The molecule has 1 fully saturated rings. The minimum atomic E-state index is -0.913. The van der Waals surface area contributed by atoms with Crippen LogP contribution in [0.15, 0.2) is 6.07 Å². The largest absolute Gasteiger partial charge is 0.481 e. The highest BCUT2D eigenvalue weighted by atomic mass is 35.5. The molecule has 0 saturated heterocycles. The molecule has 1 aliphatic rings. The number of rotatable bonds is 4. The number of carboxylic acid groups (broad SMARTS) is 1. The molecule has 1 aromatic heterocycles. The van der Waals surface area contributed by atoms with Crippen LogP contribution in [-0.2, 0) is 4.79 Å². The third-order valence-corrected chi connectivity index (χ3v) is 4.57. The second kappa shape index (κ2) is 5.07. The lowest BCUT2D eigenvalue weighted by molar-refractivity contribution is -0.139. The first-order valence-corrected chi connectivity index (χ1v) is 6.98. The summed E-state index contributed by atoms with van der Waals surface area (Å²) in [6.45, 7) is 0. The van der Waals surface area contributed by atoms with E-state index in [0.717, 1.165) is 17.8 Å². The van der Waals surface area contributed by atoms with Crippen molar-refractivity contribution in [3.05, 3.63) is 20.3 Å². The van der Waals surface area contributed by atoms with Crippen molar-refractivity contribution < 1.29 is 14.7 Å². The fourth-order valence-electron chi connectivity index (χ4n) is 2.04. The maximum absolute atomic E-state index is 12.0. The van der Waals surface area contributed by atoms with Crippen LogP contribution in [0.25, 0.3) is 0 Å². The van der Waals surface area contributed by atoms with Crippen LogP contribution in [0.5, 0.6) is 0 Å². The van der Waals surface area contributed by atoms with Gasteiger partial charge in [-0.15, -0.1) is 11.3 Å². The van der Waals surface area contributed by atoms with Crippen LogP contribution in [0, 0.1) is 0 Å². The van der Waals surface area contributed by atoms with Gasteiger partial charge in [0.15, 0.2) is 0 Å². The van der Waals surface area contributed by atoms with Gasteiger partial charge in [-0.2, -0.15) is 0 Å². The highest BCUT2D eigenvalue weighted by Gasteiger charge is 2.40. The van der Waals surface area contributed by atoms with Gasteiger partial charge in [0.05, 0.1) is 21.9 Å². The zero-order valence-corrected chi connectivity index (χ0v) is 11.7. The molecule has 1 aliphatic carbocycles. The lowest BCUT2D eigenvalue weighted by Crippen LogP contribution is -2.54. The van der Waals surface area contributed by atoms with Gasteiger partial charge in [0, 0.05) is 0 Å². The lowest BCUT2D eigenvalue weighted by atomic mass is 9.74. The van der Waals surface area contributed by atoms with Gasteiger partial charge in [-0.05, 0) is 25.3 Å². The Morgan fingerprint density at radius 3 is 2.50 bits per heavy atom. The van der Waals surface area contributed by atoms with Crippen molar-refractivity contribution in [1.29, 1.82) is 0 Å². The molecule has 98 valence electrons. The molecule has 0 spiro atoms. The molecule has 1 aromatic rings. The van der Waals surface area contributed by atoms with Gasteiger partial charge >= 0.3 is 5.97 Å². The predicted octanol–water partition coefficient (Wildman–Crippen LogP) is 3.18. The summed E-state index contributed by atoms with van der Waals surface area (Å²) >= 11 is 12.8. The number of halogens is 2. The van der Waals surface area contributed by atoms with E-state index < -0.39 is 11.5 Å². The first-order chi connectivity index (χ1) is 8.42. The molecule has 1 saturated carbocycles. The van der Waals surface area contributed by atoms with Crippen molar-refractivity contribution in [2.75, 3.05) is 0 Å². The van der Waals surface area contributed by atoms with Gasteiger partial charge in [0.2, 0.25) is 0 Å². The number of carboxylic acids is 1. The SMILES string of the molecule is O=C(O)CC1(NC(=O)c2cc(Cl)sc2Cl)CCC1. The summed E-state index contributed by atoms with van der Waals surface area (Å²) < 4.78 is 0.758. The van der Waals surface area contributed by atoms with Crippen molar-refractivity contribution in [2.24, 2.45) is 0 Å². The standard InChI is InChI=1S/C11H11Cl2NO3S/c12-7-4-6(9(13)18-7)10(17)14-11(2-1-3-11)5-8(15)16/h4H,1-3,5H2,(H,14,17)(H,15,16). The topological polar surface area (TPSA) is 66.4 Å². The van der Waals surface area contributed by atoms with E-state index in [2.05, 4.69) is 5.32 Å². The summed E-state index contributed by atoms with van der Waals surface area (Å²) in [4.78, 5) is 22.8. The Morgan fingerprint density at radius 1 is 1.44 bits per heavy atom. The molecule has 0 bridgehead atoms. The molecule has 4 nitrogen and oxygen atoms in total. The fourth-order valence-corrected chi connectivity index (χ4v) is 3.50. The quantitative estimate of drug-likeness (QED) is 0.897. The molecule has 2 N–H and O–H groups in total. The highest BCUT2D eigenvalue weighted by molar-refractivity contribution is 7.20. The minimum absolute atomic E-state index is 0.0613. The number of carbonyl (C=O) groups excluding carboxylic acids is 1. The third kappa shape index (κ3) is 2.79. The Bertz CT molecular complexity index is 496. The molecule has 0 aromatic carbocycles. The maximum Gasteiger partial charge on any atom is 0.305 e. The first kappa shape index (κ1) is 13.6. The Labute approximate surface area is 118 Å². The summed E-state index contributed by atoms with van der Waals surface area (Å²) in [6, 6.07) is 1.50. The summed E-state index contributed by atoms with van der Waals surface area (Å²) in [5.41, 5.74) is -0.316. The lowest BCUT2D eigenvalue weighted by Gasteiger charge is -2.41. The number of aliphatic carboxylic acids is 1. The molecule has 7 heteroatoms. The van der Waals surface area contributed by atoms with Crippen molar-refractivity contribution >= 4 is 46.4 Å². The average molecular weight is 308 g/mol. The molecule has 0 unspecified atom stereocenters. The Kier molecular flexibility index (Phi) is 3.84. The summed E-state index contributed by atoms with van der Waals surface area (Å²) in [7, 11) is 0. The van der Waals surface area contributed by atoms with Gasteiger partial charge < -0.3 is 10.4 Å². The van der Waals surface area contributed by atoms with Crippen LogP contribution in [0.1, 0.15) is 36.0 Å². The fraction of sp³-hybridized carbons (Fsp3) is 0.455. The van der Waals surface area contributed by atoms with E-state index in [1.165, 1.54) is 6.07 Å². The number of thiophene rings is 1. The number of hydrogen-bond donors (Lipinski definition) is 2. The second-order valence-electron chi connectivity index (χ2n) is 4.40. The first-order valence-electron chi connectivity index (χ1n) is 5.41. The molecule has 0 radical (unpaired) electrons. The van der Waals surface area contributed by atoms with Crippen LogP contribution in [0.3, 0.4) is 0 Å². The van der Waals surface area contributed by atoms with E-state index in [4.69, 9.17) is 28.3 Å². The van der Waals surface area contributed by atoms with Crippen molar-refractivity contribution in [1.82, 2.24) is 5.32 Å². The van der Waals surface area contributed by atoms with E-state index in [-0.39, 0.29) is 12.3 Å². The van der Waals surface area contributed by atoms with Crippen LogP contribution in [-0.4, -0.2) is 22.5 Å². The maximum atomic E-state index is 12.0. The van der Waals surface area contributed by atoms with E-state index in [0.29, 0.717) is 27.1 Å².